The molecule has 6 aromatic carbocycles. The summed E-state index contributed by atoms with van der Waals surface area (Å²) < 4.78 is 0. The number of benzene rings is 6. The SMILES string of the molecule is O=C1c2ccccc2C(=O)c2nn(N=P(CP(=Nn3nc4c(n3)C(=O)c3ccccc3C4=O)(c3ccccc3)c3ccccc3)(c3ccccc3)c3ccccc3)nc21. The molecule has 2 heterocycles. The quantitative estimate of drug-likeness (QED) is 0.162. The first-order valence-electron chi connectivity index (χ1n) is 18.6. The number of hydrogen-bond donors (Lipinski definition) is 0. The first-order valence-corrected chi connectivity index (χ1v) is 22.5. The normalized spacial score (nSPS) is 13.3. The van der Waals surface area contributed by atoms with Crippen LogP contribution in [-0.4, -0.2) is 59.2 Å². The molecule has 0 saturated heterocycles. The molecule has 2 aliphatic carbocycles. The summed E-state index contributed by atoms with van der Waals surface area (Å²) in [6, 6.07) is 52.5. The molecule has 10 rings (SSSR count). The molecule has 14 heteroatoms. The van der Waals surface area contributed by atoms with Crippen LogP contribution in [0.4, 0.5) is 0 Å². The molecule has 59 heavy (non-hydrogen) atoms. The van der Waals surface area contributed by atoms with Crippen molar-refractivity contribution in [1.29, 1.82) is 0 Å². The van der Waals surface area contributed by atoms with Gasteiger partial charge in [0.25, 0.3) is 0 Å². The predicted molar refractivity (Wildman–Crippen MR) is 225 cm³/mol. The van der Waals surface area contributed by atoms with Crippen LogP contribution in [0.25, 0.3) is 0 Å². The fourth-order valence-corrected chi connectivity index (χ4v) is 17.5. The average molecular weight is 809 g/mol. The molecule has 0 atom stereocenters. The molecule has 0 aliphatic heterocycles. The number of rotatable bonds is 8. The Morgan fingerprint density at radius 2 is 0.559 bits per heavy atom. The molecule has 0 fully saturated rings. The predicted octanol–water partition coefficient (Wildman–Crippen LogP) is 6.31. The lowest BCUT2D eigenvalue weighted by Gasteiger charge is -2.33. The fraction of sp³-hybridized carbons (Fsp3) is 0.0222. The topological polar surface area (TPSA) is 154 Å². The summed E-state index contributed by atoms with van der Waals surface area (Å²) in [7, 11) is -6.44. The number of hydrogen-bond acceptors (Lipinski definition) is 10. The zero-order chi connectivity index (χ0) is 40.1. The van der Waals surface area contributed by atoms with Crippen molar-refractivity contribution in [2.45, 2.75) is 0 Å². The minimum atomic E-state index is -3.22. The molecule has 0 bridgehead atoms. The van der Waals surface area contributed by atoms with Gasteiger partial charge in [0.2, 0.25) is 23.1 Å². The van der Waals surface area contributed by atoms with Crippen LogP contribution in [0, 0.1) is 0 Å². The number of carbonyl (C=O) groups is 4. The van der Waals surface area contributed by atoms with Crippen molar-refractivity contribution in [1.82, 2.24) is 30.2 Å². The molecule has 12 nitrogen and oxygen atoms in total. The van der Waals surface area contributed by atoms with E-state index >= 15 is 0 Å². The van der Waals surface area contributed by atoms with E-state index in [2.05, 4.69) is 20.4 Å². The second-order valence-electron chi connectivity index (χ2n) is 13.9. The smallest absolute Gasteiger partial charge is 0.216 e. The maximum absolute atomic E-state index is 13.8. The van der Waals surface area contributed by atoms with Crippen molar-refractivity contribution in [2.75, 3.05) is 5.90 Å². The highest BCUT2D eigenvalue weighted by Gasteiger charge is 2.40. The Morgan fingerprint density at radius 1 is 0.339 bits per heavy atom. The van der Waals surface area contributed by atoms with Gasteiger partial charge in [0.05, 0.1) is 14.1 Å². The van der Waals surface area contributed by atoms with Crippen molar-refractivity contribution in [3.05, 3.63) is 215 Å². The Balaban J connectivity index is 1.28. The van der Waals surface area contributed by atoms with Gasteiger partial charge in [-0.05, 0) is 21.2 Å². The largest absolute Gasteiger partial charge is 0.287 e. The summed E-state index contributed by atoms with van der Waals surface area (Å²) in [5.41, 5.74) is 0.744. The van der Waals surface area contributed by atoms with Crippen molar-refractivity contribution < 1.29 is 19.2 Å². The molecule has 2 aliphatic rings. The van der Waals surface area contributed by atoms with Crippen molar-refractivity contribution in [2.24, 2.45) is 9.71 Å². The van der Waals surface area contributed by atoms with Gasteiger partial charge in [-0.25, -0.2) is 0 Å². The van der Waals surface area contributed by atoms with Gasteiger partial charge in [0.1, 0.15) is 0 Å². The molecule has 0 saturated carbocycles. The molecule has 0 N–H and O–H groups in total. The summed E-state index contributed by atoms with van der Waals surface area (Å²) in [5, 5.41) is 21.9. The van der Waals surface area contributed by atoms with Crippen LogP contribution in [0.15, 0.2) is 180 Å². The molecule has 2 aromatic heterocycles. The van der Waals surface area contributed by atoms with Gasteiger partial charge in [0, 0.05) is 28.2 Å². The third-order valence-electron chi connectivity index (χ3n) is 10.5. The molecule has 0 spiro atoms. The number of carbonyl (C=O) groups excluding carboxylic acids is 4. The minimum Gasteiger partial charge on any atom is -0.287 e. The summed E-state index contributed by atoms with van der Waals surface area (Å²) in [6.07, 6.45) is 0. The van der Waals surface area contributed by atoms with Gasteiger partial charge in [-0.15, -0.1) is 30.1 Å². The highest BCUT2D eigenvalue weighted by atomic mass is 31.2. The van der Waals surface area contributed by atoms with Crippen LogP contribution in [0.2, 0.25) is 0 Å². The molecule has 8 aromatic rings. The molecule has 284 valence electrons. The van der Waals surface area contributed by atoms with E-state index in [0.717, 1.165) is 31.0 Å². The van der Waals surface area contributed by atoms with Gasteiger partial charge in [-0.3, -0.25) is 19.2 Å². The lowest BCUT2D eigenvalue weighted by atomic mass is 9.90. The van der Waals surface area contributed by atoms with Crippen LogP contribution in [0.1, 0.15) is 64.2 Å². The minimum absolute atomic E-state index is 0.0739. The Morgan fingerprint density at radius 3 is 0.797 bits per heavy atom. The van der Waals surface area contributed by atoms with E-state index in [0.29, 0.717) is 0 Å². The molecular formula is C45H30N8O4P2. The molecule has 0 radical (unpaired) electrons. The number of fused-ring (bicyclic) bond motifs is 4. The molecular weight excluding hydrogens is 778 g/mol. The van der Waals surface area contributed by atoms with Crippen molar-refractivity contribution in [3.63, 3.8) is 0 Å². The van der Waals surface area contributed by atoms with E-state index in [1.54, 1.807) is 48.5 Å². The van der Waals surface area contributed by atoms with Gasteiger partial charge < -0.3 is 0 Å². The highest BCUT2D eigenvalue weighted by Crippen LogP contribution is 2.63. The number of nitrogens with zero attached hydrogens (tertiary/aromatic N) is 8. The van der Waals surface area contributed by atoms with Gasteiger partial charge >= 0.3 is 0 Å². The maximum atomic E-state index is 13.8. The maximum Gasteiger partial charge on any atom is 0.216 e. The lowest BCUT2D eigenvalue weighted by Crippen LogP contribution is -2.27. The van der Waals surface area contributed by atoms with Gasteiger partial charge in [0.15, 0.2) is 22.8 Å². The zero-order valence-electron chi connectivity index (χ0n) is 31.0. The third kappa shape index (κ3) is 5.92. The summed E-state index contributed by atoms with van der Waals surface area (Å²) in [5.74, 6) is -1.41. The molecule has 0 amide bonds. The first kappa shape index (κ1) is 36.1. The summed E-state index contributed by atoms with van der Waals surface area (Å²) in [4.78, 5) is 68.4. The van der Waals surface area contributed by atoms with Crippen LogP contribution in [-0.2, 0) is 0 Å². The van der Waals surface area contributed by atoms with E-state index < -0.39 is 37.2 Å². The summed E-state index contributed by atoms with van der Waals surface area (Å²) >= 11 is 0. The van der Waals surface area contributed by atoms with E-state index in [4.69, 9.17) is 9.71 Å². The summed E-state index contributed by atoms with van der Waals surface area (Å²) in [6.45, 7) is 0. The van der Waals surface area contributed by atoms with Crippen LogP contribution >= 0.6 is 14.1 Å². The van der Waals surface area contributed by atoms with Gasteiger partial charge in [-0.1, -0.05) is 180 Å². The van der Waals surface area contributed by atoms with Crippen LogP contribution in [0.3, 0.4) is 0 Å². The Labute approximate surface area is 337 Å². The lowest BCUT2D eigenvalue weighted by molar-refractivity contribution is 0.0974. The Bertz CT molecular complexity index is 2720. The average Bonchev–Trinajstić information content (AvgIpc) is 3.93. The van der Waals surface area contributed by atoms with Crippen molar-refractivity contribution in [3.8, 4) is 0 Å². The zero-order valence-corrected chi connectivity index (χ0v) is 32.8. The van der Waals surface area contributed by atoms with E-state index in [9.17, 15) is 19.2 Å². The van der Waals surface area contributed by atoms with Crippen molar-refractivity contribution >= 4 is 58.5 Å². The van der Waals surface area contributed by atoms with Gasteiger partial charge in [-0.2, -0.15) is 0 Å². The first-order chi connectivity index (χ1) is 28.9. The second-order valence-corrected chi connectivity index (χ2v) is 20.6. The molecule has 0 unspecified atom stereocenters. The Kier molecular flexibility index (Phi) is 8.74. The van der Waals surface area contributed by atoms with E-state index in [1.165, 1.54) is 0 Å². The number of ketones is 4. The van der Waals surface area contributed by atoms with E-state index in [1.807, 2.05) is 121 Å². The Hall–Kier alpha value is -7.26. The van der Waals surface area contributed by atoms with Crippen LogP contribution in [0.5, 0.6) is 0 Å². The standard InChI is InChI=1S/C45H30N8O4P2/c54-42-34-25-13-14-26-35(34)43(55)39-38(42)46-52(47-39)50-58(30-17-5-1-6-18-30,31-19-7-2-8-20-31)29-59(32-21-9-3-10-22-32,33-23-11-4-12-24-33)51-53-48-40-41(49-53)45(57)37-28-16-15-27-36(37)44(40)56/h1-28H,29H2. The monoisotopic (exact) mass is 808 g/mol. The van der Waals surface area contributed by atoms with E-state index in [-0.39, 0.29) is 50.9 Å². The third-order valence-corrected chi connectivity index (χ3v) is 19.3. The fourth-order valence-electron chi connectivity index (χ4n) is 7.71. The second kappa shape index (κ2) is 14.3. The highest BCUT2D eigenvalue weighted by molar-refractivity contribution is 7.96. The van der Waals surface area contributed by atoms with Crippen LogP contribution < -0.4 is 21.2 Å². The number of aromatic nitrogens is 6.